The molecule has 0 atom stereocenters. The summed E-state index contributed by atoms with van der Waals surface area (Å²) in [6, 6.07) is 0. The van der Waals surface area contributed by atoms with Crippen LogP contribution in [0.2, 0.25) is 0 Å². The zero-order valence-electron chi connectivity index (χ0n) is 12.0. The van der Waals surface area contributed by atoms with Crippen LogP contribution in [0.15, 0.2) is 0 Å². The summed E-state index contributed by atoms with van der Waals surface area (Å²) >= 11 is 0. The van der Waals surface area contributed by atoms with Crippen LogP contribution in [0.1, 0.15) is 52.9 Å². The van der Waals surface area contributed by atoms with E-state index in [0.717, 1.165) is 25.4 Å². The molecule has 2 fully saturated rings. The van der Waals surface area contributed by atoms with E-state index in [9.17, 15) is 8.42 Å². The Labute approximate surface area is 112 Å². The lowest BCUT2D eigenvalue weighted by atomic mass is 9.68. The maximum absolute atomic E-state index is 12.2. The Bertz CT molecular complexity index is 385. The van der Waals surface area contributed by atoms with Crippen molar-refractivity contribution >= 4 is 9.84 Å². The second-order valence-electron chi connectivity index (χ2n) is 7.13. The van der Waals surface area contributed by atoms with E-state index in [-0.39, 0.29) is 5.41 Å². The van der Waals surface area contributed by atoms with Crippen LogP contribution in [0.3, 0.4) is 0 Å². The third-order valence-corrected chi connectivity index (χ3v) is 7.58. The second kappa shape index (κ2) is 4.78. The molecule has 0 bridgehead atoms. The van der Waals surface area contributed by atoms with Gasteiger partial charge in [0.1, 0.15) is 0 Å². The zero-order valence-corrected chi connectivity index (χ0v) is 12.8. The molecule has 0 aromatic rings. The first-order chi connectivity index (χ1) is 8.27. The first-order valence-corrected chi connectivity index (χ1v) is 8.85. The molecule has 0 aromatic heterocycles. The minimum absolute atomic E-state index is 0.287. The number of hydrogen-bond donors (Lipinski definition) is 1. The van der Waals surface area contributed by atoms with Gasteiger partial charge in [0.15, 0.2) is 9.84 Å². The number of hydrogen-bond acceptors (Lipinski definition) is 3. The highest BCUT2D eigenvalue weighted by Gasteiger charge is 2.45. The number of nitrogens with one attached hydrogen (secondary N) is 1. The van der Waals surface area contributed by atoms with Crippen molar-refractivity contribution in [2.24, 2.45) is 11.3 Å². The summed E-state index contributed by atoms with van der Waals surface area (Å²) in [5.74, 6) is 1.11. The van der Waals surface area contributed by atoms with E-state index in [1.807, 2.05) is 20.8 Å². The topological polar surface area (TPSA) is 46.2 Å². The Morgan fingerprint density at radius 3 is 2.11 bits per heavy atom. The molecule has 4 heteroatoms. The van der Waals surface area contributed by atoms with Gasteiger partial charge in [-0.2, -0.15) is 0 Å². The predicted octanol–water partition coefficient (Wildman–Crippen LogP) is 2.37. The molecule has 0 radical (unpaired) electrons. The van der Waals surface area contributed by atoms with Crippen LogP contribution < -0.4 is 5.32 Å². The van der Waals surface area contributed by atoms with Gasteiger partial charge in [-0.05, 0) is 51.4 Å². The Balaban J connectivity index is 2.00. The van der Waals surface area contributed by atoms with Crippen LogP contribution in [0.25, 0.3) is 0 Å². The fourth-order valence-electron chi connectivity index (χ4n) is 3.30. The third-order valence-electron chi connectivity index (χ3n) is 4.98. The van der Waals surface area contributed by atoms with Gasteiger partial charge in [0, 0.05) is 13.1 Å². The Morgan fingerprint density at radius 1 is 1.17 bits per heavy atom. The van der Waals surface area contributed by atoms with E-state index >= 15 is 0 Å². The molecular weight excluding hydrogens is 246 g/mol. The highest BCUT2D eigenvalue weighted by molar-refractivity contribution is 7.92. The van der Waals surface area contributed by atoms with Gasteiger partial charge < -0.3 is 5.32 Å². The van der Waals surface area contributed by atoms with E-state index in [1.165, 1.54) is 25.7 Å². The average Bonchev–Trinajstić information content (AvgIpc) is 2.67. The molecule has 0 spiro atoms. The summed E-state index contributed by atoms with van der Waals surface area (Å²) in [4.78, 5) is 0. The fraction of sp³-hybridized carbons (Fsp3) is 1.00. The predicted molar refractivity (Wildman–Crippen MR) is 75.4 cm³/mol. The maximum Gasteiger partial charge on any atom is 0.155 e. The zero-order chi connectivity index (χ0) is 13.4. The SMILES string of the molecule is CC(C)(C)S(=O)(=O)CCC1(C2CCCC2)CNC1. The van der Waals surface area contributed by atoms with E-state index in [4.69, 9.17) is 0 Å². The molecule has 0 aromatic carbocycles. The van der Waals surface area contributed by atoms with E-state index in [0.29, 0.717) is 5.75 Å². The lowest BCUT2D eigenvalue weighted by molar-refractivity contribution is 0.0769. The Hall–Kier alpha value is -0.0900. The molecule has 1 saturated carbocycles. The molecule has 2 rings (SSSR count). The smallest absolute Gasteiger partial charge is 0.155 e. The van der Waals surface area contributed by atoms with Crippen LogP contribution in [-0.2, 0) is 9.84 Å². The molecular formula is C14H27NO2S. The number of rotatable bonds is 4. The van der Waals surface area contributed by atoms with Gasteiger partial charge in [0.25, 0.3) is 0 Å². The molecule has 0 amide bonds. The van der Waals surface area contributed by atoms with Crippen molar-refractivity contribution in [3.05, 3.63) is 0 Å². The van der Waals surface area contributed by atoms with Crippen molar-refractivity contribution in [2.45, 2.75) is 57.6 Å². The second-order valence-corrected chi connectivity index (χ2v) is 9.99. The Kier molecular flexibility index (Phi) is 3.81. The summed E-state index contributed by atoms with van der Waals surface area (Å²) in [5, 5.41) is 3.36. The average molecular weight is 273 g/mol. The highest BCUT2D eigenvalue weighted by atomic mass is 32.2. The minimum Gasteiger partial charge on any atom is -0.316 e. The van der Waals surface area contributed by atoms with Crippen LogP contribution in [-0.4, -0.2) is 32.0 Å². The minimum atomic E-state index is -2.96. The Morgan fingerprint density at radius 2 is 1.72 bits per heavy atom. The third kappa shape index (κ3) is 2.60. The van der Waals surface area contributed by atoms with Crippen molar-refractivity contribution in [1.29, 1.82) is 0 Å². The molecule has 0 unspecified atom stereocenters. The van der Waals surface area contributed by atoms with Gasteiger partial charge in [-0.25, -0.2) is 8.42 Å². The molecule has 1 saturated heterocycles. The summed E-state index contributed by atoms with van der Waals surface area (Å²) in [7, 11) is -2.96. The van der Waals surface area contributed by atoms with Crippen LogP contribution >= 0.6 is 0 Å². The maximum atomic E-state index is 12.2. The quantitative estimate of drug-likeness (QED) is 0.855. The van der Waals surface area contributed by atoms with E-state index < -0.39 is 14.6 Å². The van der Waals surface area contributed by atoms with Gasteiger partial charge in [-0.15, -0.1) is 0 Å². The fourth-order valence-corrected chi connectivity index (χ4v) is 4.59. The first kappa shape index (κ1) is 14.3. The van der Waals surface area contributed by atoms with Gasteiger partial charge in [0.2, 0.25) is 0 Å². The van der Waals surface area contributed by atoms with Crippen LogP contribution in [0.5, 0.6) is 0 Å². The molecule has 1 aliphatic carbocycles. The van der Waals surface area contributed by atoms with Gasteiger partial charge >= 0.3 is 0 Å². The van der Waals surface area contributed by atoms with Crippen molar-refractivity contribution in [3.63, 3.8) is 0 Å². The molecule has 106 valence electrons. The van der Waals surface area contributed by atoms with Crippen LogP contribution in [0, 0.1) is 11.3 Å². The largest absolute Gasteiger partial charge is 0.316 e. The van der Waals surface area contributed by atoms with E-state index in [1.54, 1.807) is 0 Å². The van der Waals surface area contributed by atoms with Crippen molar-refractivity contribution < 1.29 is 8.42 Å². The monoisotopic (exact) mass is 273 g/mol. The van der Waals surface area contributed by atoms with Crippen molar-refractivity contribution in [1.82, 2.24) is 5.32 Å². The van der Waals surface area contributed by atoms with Gasteiger partial charge in [-0.3, -0.25) is 0 Å². The van der Waals surface area contributed by atoms with Gasteiger partial charge in [-0.1, -0.05) is 12.8 Å². The van der Waals surface area contributed by atoms with Crippen LogP contribution in [0.4, 0.5) is 0 Å². The van der Waals surface area contributed by atoms with E-state index in [2.05, 4.69) is 5.32 Å². The lowest BCUT2D eigenvalue weighted by Crippen LogP contribution is -2.58. The van der Waals surface area contributed by atoms with Crippen molar-refractivity contribution in [2.75, 3.05) is 18.8 Å². The molecule has 1 heterocycles. The molecule has 1 aliphatic heterocycles. The standard InChI is InChI=1S/C14H27NO2S/c1-13(2,3)18(16,17)9-8-14(10-15-11-14)12-6-4-5-7-12/h12,15H,4-11H2,1-3H3. The summed E-state index contributed by atoms with van der Waals surface area (Å²) in [5.41, 5.74) is 0.287. The lowest BCUT2D eigenvalue weighted by Gasteiger charge is -2.48. The highest BCUT2D eigenvalue weighted by Crippen LogP contribution is 2.45. The summed E-state index contributed by atoms with van der Waals surface area (Å²) in [6.07, 6.45) is 6.12. The first-order valence-electron chi connectivity index (χ1n) is 7.20. The molecule has 2 aliphatic rings. The molecule has 3 nitrogen and oxygen atoms in total. The summed E-state index contributed by atoms with van der Waals surface area (Å²) < 4.78 is 23.9. The van der Waals surface area contributed by atoms with Crippen molar-refractivity contribution in [3.8, 4) is 0 Å². The number of sulfone groups is 1. The molecule has 1 N–H and O–H groups in total. The molecule has 18 heavy (non-hydrogen) atoms. The summed E-state index contributed by atoms with van der Waals surface area (Å²) in [6.45, 7) is 7.48. The normalized spacial score (nSPS) is 25.1. The van der Waals surface area contributed by atoms with Gasteiger partial charge in [0.05, 0.1) is 10.5 Å².